The molecule has 0 fully saturated rings. The molecule has 156 valence electrons. The maximum absolute atomic E-state index is 12.3. The Labute approximate surface area is 171 Å². The first-order chi connectivity index (χ1) is 14.0. The van der Waals surface area contributed by atoms with Crippen LogP contribution in [0, 0.1) is 0 Å². The van der Waals surface area contributed by atoms with Gasteiger partial charge in [0.15, 0.2) is 11.5 Å². The molecule has 0 radical (unpaired) electrons. The number of hydrogen-bond donors (Lipinski definition) is 2. The molecule has 0 saturated heterocycles. The van der Waals surface area contributed by atoms with Crippen LogP contribution in [0.4, 0.5) is 0 Å². The average Bonchev–Trinajstić information content (AvgIpc) is 2.76. The van der Waals surface area contributed by atoms with Crippen molar-refractivity contribution in [2.75, 3.05) is 13.7 Å². The highest BCUT2D eigenvalue weighted by atomic mass is 16.5. The number of rotatable bonds is 10. The van der Waals surface area contributed by atoms with E-state index in [1.165, 1.54) is 7.11 Å². The molecule has 0 spiro atoms. The molecule has 7 heteroatoms. The number of nitrogens with one attached hydrogen (secondary N) is 2. The van der Waals surface area contributed by atoms with Gasteiger partial charge in [0, 0.05) is 5.56 Å². The summed E-state index contributed by atoms with van der Waals surface area (Å²) in [4.78, 5) is 24.5. The van der Waals surface area contributed by atoms with Crippen LogP contribution in [0.25, 0.3) is 0 Å². The quantitative estimate of drug-likeness (QED) is 0.472. The van der Waals surface area contributed by atoms with Crippen LogP contribution in [0.2, 0.25) is 0 Å². The molecule has 0 aliphatic carbocycles. The lowest BCUT2D eigenvalue weighted by Gasteiger charge is -2.15. The van der Waals surface area contributed by atoms with Crippen LogP contribution in [0.1, 0.15) is 42.6 Å². The van der Waals surface area contributed by atoms with Crippen molar-refractivity contribution < 1.29 is 23.8 Å². The Balaban J connectivity index is 1.85. The Morgan fingerprint density at radius 2 is 1.79 bits per heavy atom. The van der Waals surface area contributed by atoms with E-state index in [1.807, 2.05) is 30.3 Å². The number of ether oxygens (including phenoxy) is 3. The zero-order chi connectivity index (χ0) is 21.1. The van der Waals surface area contributed by atoms with Gasteiger partial charge in [-0.05, 0) is 37.1 Å². The van der Waals surface area contributed by atoms with E-state index in [2.05, 4.69) is 17.8 Å². The van der Waals surface area contributed by atoms with Crippen molar-refractivity contribution in [3.05, 3.63) is 59.7 Å². The van der Waals surface area contributed by atoms with E-state index in [0.29, 0.717) is 30.3 Å². The van der Waals surface area contributed by atoms with E-state index >= 15 is 0 Å². The van der Waals surface area contributed by atoms with Gasteiger partial charge in [-0.2, -0.15) is 0 Å². The summed E-state index contributed by atoms with van der Waals surface area (Å²) in [5.74, 6) is 0.122. The Kier molecular flexibility index (Phi) is 8.98. The van der Waals surface area contributed by atoms with Gasteiger partial charge in [0.1, 0.15) is 6.10 Å². The number of benzene rings is 2. The maximum Gasteiger partial charge on any atom is 0.269 e. The second-order valence-electron chi connectivity index (χ2n) is 6.45. The number of hydrazine groups is 1. The molecule has 0 aliphatic heterocycles. The Morgan fingerprint density at radius 3 is 2.48 bits per heavy atom. The number of unbranched alkanes of at least 4 members (excludes halogenated alkanes) is 1. The van der Waals surface area contributed by atoms with Crippen LogP contribution in [0.5, 0.6) is 11.5 Å². The fourth-order valence-corrected chi connectivity index (χ4v) is 2.42. The summed E-state index contributed by atoms with van der Waals surface area (Å²) >= 11 is 0. The lowest BCUT2D eigenvalue weighted by atomic mass is 10.2. The highest BCUT2D eigenvalue weighted by Gasteiger charge is 2.16. The zero-order valence-electron chi connectivity index (χ0n) is 17.1. The second-order valence-corrected chi connectivity index (χ2v) is 6.45. The summed E-state index contributed by atoms with van der Waals surface area (Å²) in [5.41, 5.74) is 6.06. The van der Waals surface area contributed by atoms with Gasteiger partial charge in [0.2, 0.25) is 0 Å². The lowest BCUT2D eigenvalue weighted by Crippen LogP contribution is -2.46. The topological polar surface area (TPSA) is 85.9 Å². The van der Waals surface area contributed by atoms with E-state index in [0.717, 1.165) is 18.4 Å². The van der Waals surface area contributed by atoms with Gasteiger partial charge >= 0.3 is 0 Å². The molecule has 0 saturated carbocycles. The summed E-state index contributed by atoms with van der Waals surface area (Å²) in [7, 11) is 1.51. The Bertz CT molecular complexity index is 795. The van der Waals surface area contributed by atoms with Gasteiger partial charge in [-0.25, -0.2) is 0 Å². The largest absolute Gasteiger partial charge is 0.493 e. The molecule has 2 amide bonds. The highest BCUT2D eigenvalue weighted by Crippen LogP contribution is 2.28. The van der Waals surface area contributed by atoms with Crippen molar-refractivity contribution in [3.8, 4) is 11.5 Å². The SMILES string of the molecule is CCCCOc1ccc(C(=O)NNC(=O)C(C)OCc2ccccc2)cc1OC. The van der Waals surface area contributed by atoms with Crippen LogP contribution in [-0.4, -0.2) is 31.6 Å². The molecular formula is C22H28N2O5. The first kappa shape index (κ1) is 22.2. The third-order valence-corrected chi connectivity index (χ3v) is 4.19. The molecule has 2 rings (SSSR count). The van der Waals surface area contributed by atoms with E-state index in [9.17, 15) is 9.59 Å². The van der Waals surface area contributed by atoms with Crippen LogP contribution >= 0.6 is 0 Å². The molecule has 2 aromatic carbocycles. The molecule has 0 heterocycles. The zero-order valence-corrected chi connectivity index (χ0v) is 17.1. The normalized spacial score (nSPS) is 11.4. The number of hydrogen-bond acceptors (Lipinski definition) is 5. The van der Waals surface area contributed by atoms with Gasteiger partial charge in [-0.15, -0.1) is 0 Å². The van der Waals surface area contributed by atoms with E-state index in [1.54, 1.807) is 25.1 Å². The van der Waals surface area contributed by atoms with Crippen LogP contribution in [0.15, 0.2) is 48.5 Å². The molecule has 0 bridgehead atoms. The predicted molar refractivity (Wildman–Crippen MR) is 110 cm³/mol. The summed E-state index contributed by atoms with van der Waals surface area (Å²) in [6.45, 7) is 4.58. The lowest BCUT2D eigenvalue weighted by molar-refractivity contribution is -0.133. The first-order valence-corrected chi connectivity index (χ1v) is 9.61. The second kappa shape index (κ2) is 11.7. The average molecular weight is 400 g/mol. The predicted octanol–water partition coefficient (Wildman–Crippen LogP) is 3.24. The fraction of sp³-hybridized carbons (Fsp3) is 0.364. The third-order valence-electron chi connectivity index (χ3n) is 4.19. The molecule has 2 aromatic rings. The van der Waals surface area contributed by atoms with Crippen molar-refractivity contribution in [2.45, 2.75) is 39.4 Å². The molecular weight excluding hydrogens is 372 g/mol. The molecule has 1 unspecified atom stereocenters. The molecule has 0 aromatic heterocycles. The van der Waals surface area contributed by atoms with Crippen LogP contribution in [0.3, 0.4) is 0 Å². The minimum absolute atomic E-state index is 0.306. The van der Waals surface area contributed by atoms with Crippen molar-refractivity contribution in [1.29, 1.82) is 0 Å². The first-order valence-electron chi connectivity index (χ1n) is 9.61. The summed E-state index contributed by atoms with van der Waals surface area (Å²) in [6.07, 6.45) is 1.23. The minimum Gasteiger partial charge on any atom is -0.493 e. The summed E-state index contributed by atoms with van der Waals surface area (Å²) in [6, 6.07) is 14.4. The van der Waals surface area contributed by atoms with Gasteiger partial charge in [-0.1, -0.05) is 43.7 Å². The Morgan fingerprint density at radius 1 is 1.03 bits per heavy atom. The summed E-state index contributed by atoms with van der Waals surface area (Å²) in [5, 5.41) is 0. The number of carbonyl (C=O) groups is 2. The third kappa shape index (κ3) is 7.12. The van der Waals surface area contributed by atoms with E-state index < -0.39 is 17.9 Å². The molecule has 2 N–H and O–H groups in total. The number of amides is 2. The molecule has 7 nitrogen and oxygen atoms in total. The van der Waals surface area contributed by atoms with Crippen molar-refractivity contribution in [2.24, 2.45) is 0 Å². The molecule has 0 aliphatic rings. The smallest absolute Gasteiger partial charge is 0.269 e. The standard InChI is InChI=1S/C22H28N2O5/c1-4-5-13-28-19-12-11-18(14-20(19)27-3)22(26)24-23-21(25)16(2)29-15-17-9-7-6-8-10-17/h6-12,14,16H,4-5,13,15H2,1-3H3,(H,23,25)(H,24,26). The fourth-order valence-electron chi connectivity index (χ4n) is 2.42. The van der Waals surface area contributed by atoms with Crippen LogP contribution < -0.4 is 20.3 Å². The van der Waals surface area contributed by atoms with Gasteiger partial charge in [-0.3, -0.25) is 20.4 Å². The summed E-state index contributed by atoms with van der Waals surface area (Å²) < 4.78 is 16.5. The van der Waals surface area contributed by atoms with Crippen molar-refractivity contribution in [3.63, 3.8) is 0 Å². The number of methoxy groups -OCH3 is 1. The molecule has 1 atom stereocenters. The van der Waals surface area contributed by atoms with Crippen molar-refractivity contribution >= 4 is 11.8 Å². The highest BCUT2D eigenvalue weighted by molar-refractivity contribution is 5.96. The van der Waals surface area contributed by atoms with Gasteiger partial charge < -0.3 is 14.2 Å². The molecule has 29 heavy (non-hydrogen) atoms. The maximum atomic E-state index is 12.3. The number of carbonyl (C=O) groups excluding carboxylic acids is 2. The minimum atomic E-state index is -0.723. The van der Waals surface area contributed by atoms with Gasteiger partial charge in [0.05, 0.1) is 20.3 Å². The Hall–Kier alpha value is -3.06. The van der Waals surface area contributed by atoms with Crippen LogP contribution in [-0.2, 0) is 16.1 Å². The monoisotopic (exact) mass is 400 g/mol. The van der Waals surface area contributed by atoms with Crippen molar-refractivity contribution in [1.82, 2.24) is 10.9 Å². The van der Waals surface area contributed by atoms with E-state index in [4.69, 9.17) is 14.2 Å². The van der Waals surface area contributed by atoms with E-state index in [-0.39, 0.29) is 0 Å². The van der Waals surface area contributed by atoms with Gasteiger partial charge in [0.25, 0.3) is 11.8 Å².